The van der Waals surface area contributed by atoms with Gasteiger partial charge in [0.1, 0.15) is 0 Å². The van der Waals surface area contributed by atoms with Crippen LogP contribution in [0.3, 0.4) is 0 Å². The van der Waals surface area contributed by atoms with Gasteiger partial charge in [-0.1, -0.05) is 35.5 Å². The number of fused-ring (bicyclic) bond motifs is 1. The SMILES string of the molecule is Cn1nc(CCNC(=O)CCc2nc(-c3ccccc3)no2)c2c1CCOC2. The molecular weight excluding hydrogens is 358 g/mol. The second-order valence-corrected chi connectivity index (χ2v) is 6.78. The second kappa shape index (κ2) is 8.35. The Kier molecular flexibility index (Phi) is 5.48. The Morgan fingerprint density at radius 3 is 2.96 bits per heavy atom. The van der Waals surface area contributed by atoms with Crippen LogP contribution in [0.1, 0.15) is 29.3 Å². The van der Waals surface area contributed by atoms with Crippen LogP contribution in [0, 0.1) is 0 Å². The molecule has 4 rings (SSSR count). The van der Waals surface area contributed by atoms with E-state index in [-0.39, 0.29) is 5.91 Å². The summed E-state index contributed by atoms with van der Waals surface area (Å²) in [6.45, 7) is 1.89. The predicted octanol–water partition coefficient (Wildman–Crippen LogP) is 1.83. The van der Waals surface area contributed by atoms with E-state index in [0.717, 1.165) is 24.3 Å². The van der Waals surface area contributed by atoms with Gasteiger partial charge in [0, 0.05) is 56.1 Å². The highest BCUT2D eigenvalue weighted by molar-refractivity contribution is 5.76. The van der Waals surface area contributed by atoms with Crippen molar-refractivity contribution in [2.24, 2.45) is 7.05 Å². The number of carbonyl (C=O) groups excluding carboxylic acids is 1. The summed E-state index contributed by atoms with van der Waals surface area (Å²) >= 11 is 0. The molecule has 3 heterocycles. The second-order valence-electron chi connectivity index (χ2n) is 6.78. The molecule has 0 atom stereocenters. The van der Waals surface area contributed by atoms with Gasteiger partial charge < -0.3 is 14.6 Å². The lowest BCUT2D eigenvalue weighted by Crippen LogP contribution is -2.26. The van der Waals surface area contributed by atoms with Crippen molar-refractivity contribution in [1.82, 2.24) is 25.2 Å². The number of hydrogen-bond donors (Lipinski definition) is 1. The molecule has 0 radical (unpaired) electrons. The van der Waals surface area contributed by atoms with Crippen LogP contribution in [0.4, 0.5) is 0 Å². The predicted molar refractivity (Wildman–Crippen MR) is 101 cm³/mol. The van der Waals surface area contributed by atoms with Crippen molar-refractivity contribution in [3.8, 4) is 11.4 Å². The van der Waals surface area contributed by atoms with Gasteiger partial charge in [-0.15, -0.1) is 0 Å². The molecule has 1 aliphatic heterocycles. The molecule has 0 bridgehead atoms. The van der Waals surface area contributed by atoms with Gasteiger partial charge in [-0.2, -0.15) is 10.1 Å². The summed E-state index contributed by atoms with van der Waals surface area (Å²) in [5, 5.41) is 11.5. The Morgan fingerprint density at radius 1 is 1.25 bits per heavy atom. The van der Waals surface area contributed by atoms with Crippen molar-refractivity contribution in [3.63, 3.8) is 0 Å². The lowest BCUT2D eigenvalue weighted by atomic mass is 10.1. The largest absolute Gasteiger partial charge is 0.376 e. The first kappa shape index (κ1) is 18.4. The Morgan fingerprint density at radius 2 is 2.11 bits per heavy atom. The zero-order chi connectivity index (χ0) is 19.3. The van der Waals surface area contributed by atoms with Gasteiger partial charge in [0.05, 0.1) is 18.9 Å². The van der Waals surface area contributed by atoms with Crippen LogP contribution < -0.4 is 5.32 Å². The summed E-state index contributed by atoms with van der Waals surface area (Å²) < 4.78 is 12.7. The van der Waals surface area contributed by atoms with Crippen LogP contribution >= 0.6 is 0 Å². The number of carbonyl (C=O) groups is 1. The van der Waals surface area contributed by atoms with Crippen LogP contribution in [0.25, 0.3) is 11.4 Å². The van der Waals surface area contributed by atoms with Crippen LogP contribution in [0.5, 0.6) is 0 Å². The van der Waals surface area contributed by atoms with E-state index in [9.17, 15) is 4.79 Å². The van der Waals surface area contributed by atoms with Crippen molar-refractivity contribution < 1.29 is 14.1 Å². The zero-order valence-corrected chi connectivity index (χ0v) is 15.9. The van der Waals surface area contributed by atoms with E-state index in [2.05, 4.69) is 20.6 Å². The molecule has 28 heavy (non-hydrogen) atoms. The number of aromatic nitrogens is 4. The average Bonchev–Trinajstić information content (AvgIpc) is 3.33. The molecule has 0 fully saturated rings. The quantitative estimate of drug-likeness (QED) is 0.671. The van der Waals surface area contributed by atoms with Gasteiger partial charge in [0.2, 0.25) is 17.6 Å². The zero-order valence-electron chi connectivity index (χ0n) is 15.9. The fraction of sp³-hybridized carbons (Fsp3) is 0.400. The normalized spacial score (nSPS) is 13.3. The van der Waals surface area contributed by atoms with Crippen molar-refractivity contribution in [3.05, 3.63) is 53.2 Å². The lowest BCUT2D eigenvalue weighted by Gasteiger charge is -2.13. The Balaban J connectivity index is 1.24. The third-order valence-electron chi connectivity index (χ3n) is 4.84. The van der Waals surface area contributed by atoms with Gasteiger partial charge in [-0.3, -0.25) is 9.48 Å². The summed E-state index contributed by atoms with van der Waals surface area (Å²) in [6.07, 6.45) is 2.30. The van der Waals surface area contributed by atoms with E-state index in [1.54, 1.807) is 0 Å². The molecule has 0 saturated heterocycles. The van der Waals surface area contributed by atoms with Crippen molar-refractivity contribution in [1.29, 1.82) is 0 Å². The molecule has 2 aromatic heterocycles. The number of benzene rings is 1. The first-order valence-electron chi connectivity index (χ1n) is 9.47. The third-order valence-corrected chi connectivity index (χ3v) is 4.84. The van der Waals surface area contributed by atoms with Crippen molar-refractivity contribution >= 4 is 5.91 Å². The number of nitrogens with one attached hydrogen (secondary N) is 1. The van der Waals surface area contributed by atoms with Crippen LogP contribution in [-0.4, -0.2) is 39.0 Å². The number of rotatable bonds is 7. The molecule has 8 nitrogen and oxygen atoms in total. The maximum Gasteiger partial charge on any atom is 0.227 e. The number of amides is 1. The van der Waals surface area contributed by atoms with E-state index < -0.39 is 0 Å². The Bertz CT molecular complexity index is 948. The molecule has 1 aliphatic rings. The monoisotopic (exact) mass is 381 g/mol. The smallest absolute Gasteiger partial charge is 0.227 e. The van der Waals surface area contributed by atoms with E-state index >= 15 is 0 Å². The minimum Gasteiger partial charge on any atom is -0.376 e. The van der Waals surface area contributed by atoms with E-state index in [0.29, 0.717) is 44.1 Å². The maximum atomic E-state index is 12.1. The molecule has 146 valence electrons. The highest BCUT2D eigenvalue weighted by Crippen LogP contribution is 2.20. The van der Waals surface area contributed by atoms with E-state index in [1.807, 2.05) is 42.1 Å². The molecule has 8 heteroatoms. The number of hydrogen-bond acceptors (Lipinski definition) is 6. The lowest BCUT2D eigenvalue weighted by molar-refractivity contribution is -0.121. The summed E-state index contributed by atoms with van der Waals surface area (Å²) in [6, 6.07) is 9.61. The highest BCUT2D eigenvalue weighted by atomic mass is 16.5. The topological polar surface area (TPSA) is 95.1 Å². The first-order valence-corrected chi connectivity index (χ1v) is 9.47. The molecule has 0 spiro atoms. The molecule has 1 N–H and O–H groups in total. The third kappa shape index (κ3) is 4.12. The Hall–Kier alpha value is -3.00. The maximum absolute atomic E-state index is 12.1. The van der Waals surface area contributed by atoms with Gasteiger partial charge in [0.25, 0.3) is 0 Å². The number of ether oxygens (including phenoxy) is 1. The molecule has 1 amide bonds. The highest BCUT2D eigenvalue weighted by Gasteiger charge is 2.19. The van der Waals surface area contributed by atoms with Gasteiger partial charge in [0.15, 0.2) is 0 Å². The molecule has 0 saturated carbocycles. The van der Waals surface area contributed by atoms with Crippen molar-refractivity contribution in [2.45, 2.75) is 32.3 Å². The number of aryl methyl sites for hydroxylation is 2. The minimum absolute atomic E-state index is 0.0412. The van der Waals surface area contributed by atoms with Gasteiger partial charge in [-0.05, 0) is 0 Å². The summed E-state index contributed by atoms with van der Waals surface area (Å²) in [7, 11) is 1.96. The molecule has 0 unspecified atom stereocenters. The number of nitrogens with zero attached hydrogens (tertiary/aromatic N) is 4. The minimum atomic E-state index is -0.0412. The summed E-state index contributed by atoms with van der Waals surface area (Å²) in [5.74, 6) is 0.962. The fourth-order valence-corrected chi connectivity index (χ4v) is 3.38. The molecule has 1 aromatic carbocycles. The molecular formula is C20H23N5O3. The van der Waals surface area contributed by atoms with Crippen LogP contribution in [0.2, 0.25) is 0 Å². The standard InChI is InChI=1S/C20H23N5O3/c1-25-17-10-12-27-13-15(17)16(23-25)9-11-21-18(26)7-8-19-22-20(24-28-19)14-5-3-2-4-6-14/h2-6H,7-13H2,1H3,(H,21,26). The van der Waals surface area contributed by atoms with Crippen molar-refractivity contribution in [2.75, 3.05) is 13.2 Å². The van der Waals surface area contributed by atoms with Crippen LogP contribution in [-0.2, 0) is 42.4 Å². The van der Waals surface area contributed by atoms with Gasteiger partial charge in [-0.25, -0.2) is 0 Å². The average molecular weight is 381 g/mol. The summed E-state index contributed by atoms with van der Waals surface area (Å²) in [4.78, 5) is 16.5. The van der Waals surface area contributed by atoms with Crippen LogP contribution in [0.15, 0.2) is 34.9 Å². The summed E-state index contributed by atoms with van der Waals surface area (Å²) in [5.41, 5.74) is 4.30. The molecule has 3 aromatic rings. The fourth-order valence-electron chi connectivity index (χ4n) is 3.38. The Labute approximate surface area is 162 Å². The van der Waals surface area contributed by atoms with Gasteiger partial charge >= 0.3 is 0 Å². The van der Waals surface area contributed by atoms with E-state index in [4.69, 9.17) is 9.26 Å². The molecule has 0 aliphatic carbocycles. The first-order chi connectivity index (χ1) is 13.7. The van der Waals surface area contributed by atoms with E-state index in [1.165, 1.54) is 11.3 Å².